The van der Waals surface area contributed by atoms with Crippen LogP contribution in [0.1, 0.15) is 34.1 Å². The maximum Gasteiger partial charge on any atom is 0.501 e. The maximum atomic E-state index is 11.2. The molecule has 2 N–H and O–H groups in total. The average Bonchev–Trinajstić information content (AvgIpc) is 2.42. The van der Waals surface area contributed by atoms with Gasteiger partial charge in [-0.1, -0.05) is 6.58 Å². The third-order valence-corrected chi connectivity index (χ3v) is 5.45. The van der Waals surface area contributed by atoms with Crippen LogP contribution in [0, 0.1) is 0 Å². The highest BCUT2D eigenvalue weighted by Crippen LogP contribution is 2.18. The van der Waals surface area contributed by atoms with Crippen molar-refractivity contribution in [3.8, 4) is 0 Å². The van der Waals surface area contributed by atoms with Crippen LogP contribution in [0.15, 0.2) is 12.2 Å². The Balaban J connectivity index is 0. The first-order chi connectivity index (χ1) is 11.0. The van der Waals surface area contributed by atoms with Crippen LogP contribution in [0.5, 0.6) is 0 Å². The van der Waals surface area contributed by atoms with E-state index in [0.29, 0.717) is 44.5 Å². The van der Waals surface area contributed by atoms with Gasteiger partial charge >= 0.3 is 25.2 Å². The summed E-state index contributed by atoms with van der Waals surface area (Å²) in [7, 11) is -7.28. The molecule has 0 aliphatic carbocycles. The van der Waals surface area contributed by atoms with E-state index in [1.165, 1.54) is 0 Å². The van der Waals surface area contributed by atoms with Gasteiger partial charge in [0.1, 0.15) is 0 Å². The van der Waals surface area contributed by atoms with Crippen molar-refractivity contribution in [1.82, 2.24) is 0 Å². The zero-order valence-electron chi connectivity index (χ0n) is 14.6. The fraction of sp³-hybridized carbons (Fsp3) is 0.769. The molecule has 0 rings (SSSR count). The van der Waals surface area contributed by atoms with Gasteiger partial charge in [-0.05, 0) is 34.1 Å². The lowest BCUT2D eigenvalue weighted by molar-refractivity contribution is -0.139. The Morgan fingerprint density at radius 2 is 1.42 bits per heavy atom. The van der Waals surface area contributed by atoms with Gasteiger partial charge in [-0.2, -0.15) is 8.42 Å². The van der Waals surface area contributed by atoms with Crippen molar-refractivity contribution in [2.24, 2.45) is 0 Å². The number of carbonyl (C=O) groups is 1. The molecule has 0 aromatic rings. The molecule has 0 spiro atoms. The highest BCUT2D eigenvalue weighted by molar-refractivity contribution is 7.79. The van der Waals surface area contributed by atoms with E-state index in [9.17, 15) is 4.79 Å². The van der Waals surface area contributed by atoms with Crippen LogP contribution in [0.4, 0.5) is 0 Å². The van der Waals surface area contributed by atoms with E-state index < -0.39 is 19.2 Å². The quantitative estimate of drug-likeness (QED) is 0.179. The van der Waals surface area contributed by atoms with Gasteiger partial charge in [-0.3, -0.25) is 9.11 Å². The number of hydrogen-bond acceptors (Lipinski definition) is 7. The molecule has 0 aliphatic rings. The van der Waals surface area contributed by atoms with Crippen LogP contribution >= 0.6 is 0 Å². The predicted octanol–water partition coefficient (Wildman–Crippen LogP) is 1.89. The summed E-state index contributed by atoms with van der Waals surface area (Å²) in [5, 5.41) is 0. The standard InChI is InChI=1S/C13H26O5Si.H2O4S/c1-6-16-19(17-7-2,18-8-3)11-9-10-15-13(14)12(4)5;1-5(2,3)4/h4,6-11H2,1-3,5H3;(H2,1,2,3,4). The lowest BCUT2D eigenvalue weighted by atomic mass is 10.4. The molecular formula is C13H28O9SSi. The maximum absolute atomic E-state index is 11.2. The van der Waals surface area contributed by atoms with Gasteiger partial charge in [0.15, 0.2) is 0 Å². The normalized spacial score (nSPS) is 11.4. The lowest BCUT2D eigenvalue weighted by Gasteiger charge is -2.28. The zero-order valence-corrected chi connectivity index (χ0v) is 16.4. The van der Waals surface area contributed by atoms with Crippen molar-refractivity contribution in [2.45, 2.75) is 40.2 Å². The van der Waals surface area contributed by atoms with Gasteiger partial charge < -0.3 is 18.0 Å². The summed E-state index contributed by atoms with van der Waals surface area (Å²) in [5.74, 6) is -0.364. The molecule has 0 fully saturated rings. The van der Waals surface area contributed by atoms with Gasteiger partial charge in [0, 0.05) is 31.4 Å². The fourth-order valence-electron chi connectivity index (χ4n) is 1.58. The van der Waals surface area contributed by atoms with Crippen molar-refractivity contribution in [3.63, 3.8) is 0 Å². The Hall–Kier alpha value is -0.823. The van der Waals surface area contributed by atoms with Gasteiger partial charge in [0.25, 0.3) is 0 Å². The van der Waals surface area contributed by atoms with Crippen LogP contribution < -0.4 is 0 Å². The molecule has 0 heterocycles. The third-order valence-electron chi connectivity index (χ3n) is 2.30. The summed E-state index contributed by atoms with van der Waals surface area (Å²) >= 11 is 0. The monoisotopic (exact) mass is 388 g/mol. The minimum atomic E-state index is -4.67. The summed E-state index contributed by atoms with van der Waals surface area (Å²) in [4.78, 5) is 11.2. The molecular weight excluding hydrogens is 360 g/mol. The average molecular weight is 389 g/mol. The minimum Gasteiger partial charge on any atom is -0.462 e. The van der Waals surface area contributed by atoms with E-state index in [1.54, 1.807) is 6.92 Å². The van der Waals surface area contributed by atoms with E-state index in [2.05, 4.69) is 6.58 Å². The smallest absolute Gasteiger partial charge is 0.462 e. The van der Waals surface area contributed by atoms with Crippen molar-refractivity contribution in [3.05, 3.63) is 12.2 Å². The number of ether oxygens (including phenoxy) is 1. The number of carbonyl (C=O) groups excluding carboxylic acids is 1. The number of hydrogen-bond donors (Lipinski definition) is 2. The van der Waals surface area contributed by atoms with E-state index >= 15 is 0 Å². The largest absolute Gasteiger partial charge is 0.501 e. The van der Waals surface area contributed by atoms with Crippen molar-refractivity contribution < 1.29 is 40.3 Å². The van der Waals surface area contributed by atoms with Crippen LogP contribution in [0.2, 0.25) is 6.04 Å². The number of esters is 1. The van der Waals surface area contributed by atoms with Crippen LogP contribution in [-0.2, 0) is 33.2 Å². The molecule has 9 nitrogen and oxygen atoms in total. The first-order valence-corrected chi connectivity index (χ1v) is 10.8. The van der Waals surface area contributed by atoms with Crippen LogP contribution in [0.3, 0.4) is 0 Å². The molecule has 0 aliphatic heterocycles. The molecule has 0 atom stereocenters. The fourth-order valence-corrected chi connectivity index (χ4v) is 4.16. The molecule has 0 aromatic carbocycles. The molecule has 0 saturated carbocycles. The van der Waals surface area contributed by atoms with E-state index in [1.807, 2.05) is 20.8 Å². The first-order valence-electron chi connectivity index (χ1n) is 7.45. The van der Waals surface area contributed by atoms with Crippen LogP contribution in [0.25, 0.3) is 0 Å². The predicted molar refractivity (Wildman–Crippen MR) is 90.0 cm³/mol. The Morgan fingerprint density at radius 1 is 1.04 bits per heavy atom. The van der Waals surface area contributed by atoms with E-state index in [-0.39, 0.29) is 5.97 Å². The van der Waals surface area contributed by atoms with Gasteiger partial charge in [-0.15, -0.1) is 0 Å². The molecule has 144 valence electrons. The topological polar surface area (TPSA) is 129 Å². The highest BCUT2D eigenvalue weighted by Gasteiger charge is 2.39. The summed E-state index contributed by atoms with van der Waals surface area (Å²) in [6.45, 7) is 12.9. The molecule has 0 radical (unpaired) electrons. The first kappa shape index (κ1) is 25.4. The van der Waals surface area contributed by atoms with Crippen LogP contribution in [-0.4, -0.2) is 58.7 Å². The van der Waals surface area contributed by atoms with E-state index in [4.69, 9.17) is 35.5 Å². The van der Waals surface area contributed by atoms with Gasteiger partial charge in [-0.25, -0.2) is 4.79 Å². The molecule has 0 bridgehead atoms. The summed E-state index contributed by atoms with van der Waals surface area (Å²) in [5.41, 5.74) is 0.405. The SMILES string of the molecule is C=C(C)C(=O)OCCC[Si](OCC)(OCC)OCC.O=S(=O)(O)O. The van der Waals surface area contributed by atoms with Crippen molar-refractivity contribution in [1.29, 1.82) is 0 Å². The lowest BCUT2D eigenvalue weighted by Crippen LogP contribution is -2.46. The van der Waals surface area contributed by atoms with Crippen molar-refractivity contribution in [2.75, 3.05) is 26.4 Å². The molecule has 0 saturated heterocycles. The second-order valence-electron chi connectivity index (χ2n) is 4.45. The van der Waals surface area contributed by atoms with E-state index in [0.717, 1.165) is 0 Å². The Labute approximate surface area is 144 Å². The molecule has 24 heavy (non-hydrogen) atoms. The highest BCUT2D eigenvalue weighted by atomic mass is 32.3. The minimum absolute atomic E-state index is 0.327. The second kappa shape index (κ2) is 13.5. The van der Waals surface area contributed by atoms with Gasteiger partial charge in [0.05, 0.1) is 6.61 Å². The number of rotatable bonds is 11. The Kier molecular flexibility index (Phi) is 14.3. The molecule has 0 amide bonds. The summed E-state index contributed by atoms with van der Waals surface area (Å²) in [6, 6.07) is 0.645. The third kappa shape index (κ3) is 16.0. The van der Waals surface area contributed by atoms with Gasteiger partial charge in [0.2, 0.25) is 0 Å². The summed E-state index contributed by atoms with van der Waals surface area (Å²) in [6.07, 6.45) is 0.658. The molecule has 0 aromatic heterocycles. The Bertz CT molecular complexity index is 439. The molecule has 0 unspecified atom stereocenters. The van der Waals surface area contributed by atoms with Crippen molar-refractivity contribution >= 4 is 25.2 Å². The zero-order chi connectivity index (χ0) is 19.2. The molecule has 11 heteroatoms. The second-order valence-corrected chi connectivity index (χ2v) is 8.08. The summed E-state index contributed by atoms with van der Waals surface area (Å²) < 4.78 is 53.7. The Morgan fingerprint density at radius 3 is 1.71 bits per heavy atom.